The first-order valence-corrected chi connectivity index (χ1v) is 11.9. The van der Waals surface area contributed by atoms with E-state index in [2.05, 4.69) is 0 Å². The van der Waals surface area contributed by atoms with E-state index < -0.39 is 24.1 Å². The Morgan fingerprint density at radius 1 is 0.903 bits per heavy atom. The zero-order valence-electron chi connectivity index (χ0n) is 17.5. The number of ether oxygens (including phenoxy) is 2. The predicted octanol–water partition coefficient (Wildman–Crippen LogP) is 2.52. The fraction of sp³-hybridized carbons (Fsp3) is 0.792. The van der Waals surface area contributed by atoms with Crippen LogP contribution in [0.15, 0.2) is 11.8 Å². The summed E-state index contributed by atoms with van der Waals surface area (Å²) in [4.78, 5) is 37.3. The summed E-state index contributed by atoms with van der Waals surface area (Å²) < 4.78 is 11.7. The molecule has 7 heteroatoms. The summed E-state index contributed by atoms with van der Waals surface area (Å²) in [6, 6.07) is 0. The van der Waals surface area contributed by atoms with Crippen LogP contribution >= 0.6 is 0 Å². The van der Waals surface area contributed by atoms with Crippen molar-refractivity contribution in [3.8, 4) is 0 Å². The molecular formula is C24H30O7. The van der Waals surface area contributed by atoms with E-state index in [1.165, 1.54) is 6.42 Å². The number of fused-ring (bicyclic) bond motifs is 6. The van der Waals surface area contributed by atoms with Gasteiger partial charge >= 0.3 is 17.9 Å². The molecule has 0 heterocycles. The lowest BCUT2D eigenvalue weighted by atomic mass is 9.84. The van der Waals surface area contributed by atoms with Crippen LogP contribution in [-0.2, 0) is 23.9 Å². The molecule has 11 atom stereocenters. The Bertz CT molecular complexity index is 849. The Balaban J connectivity index is 1.09. The molecule has 31 heavy (non-hydrogen) atoms. The number of aliphatic carboxylic acids is 1. The molecule has 0 aliphatic heterocycles. The van der Waals surface area contributed by atoms with Gasteiger partial charge in [-0.2, -0.15) is 0 Å². The van der Waals surface area contributed by atoms with Crippen molar-refractivity contribution < 1.29 is 34.1 Å². The average Bonchev–Trinajstić information content (AvgIpc) is 3.54. The number of hydrogen-bond donors (Lipinski definition) is 2. The van der Waals surface area contributed by atoms with Crippen LogP contribution in [0.4, 0.5) is 0 Å². The van der Waals surface area contributed by atoms with E-state index in [1.807, 2.05) is 6.08 Å². The number of hydrogen-bond acceptors (Lipinski definition) is 6. The van der Waals surface area contributed by atoms with Crippen molar-refractivity contribution in [2.45, 2.75) is 63.6 Å². The van der Waals surface area contributed by atoms with Crippen LogP contribution in [0.1, 0.15) is 51.4 Å². The molecule has 6 aliphatic carbocycles. The highest BCUT2D eigenvalue weighted by molar-refractivity contribution is 5.77. The first-order valence-electron chi connectivity index (χ1n) is 11.9. The fourth-order valence-electron chi connectivity index (χ4n) is 7.95. The third-order valence-corrected chi connectivity index (χ3v) is 9.38. The molecule has 6 bridgehead atoms. The minimum Gasteiger partial charge on any atom is -0.481 e. The molecule has 0 amide bonds. The molecule has 0 aromatic rings. The van der Waals surface area contributed by atoms with Crippen molar-refractivity contribution in [1.29, 1.82) is 0 Å². The maximum absolute atomic E-state index is 13.0. The second-order valence-electron chi connectivity index (χ2n) is 10.9. The van der Waals surface area contributed by atoms with Crippen molar-refractivity contribution in [2.75, 3.05) is 0 Å². The second-order valence-corrected chi connectivity index (χ2v) is 10.9. The summed E-state index contributed by atoms with van der Waals surface area (Å²) in [6.45, 7) is 0. The molecule has 0 saturated heterocycles. The Labute approximate surface area is 181 Å². The van der Waals surface area contributed by atoms with Crippen LogP contribution in [0.3, 0.4) is 0 Å². The number of esters is 2. The zero-order chi connectivity index (χ0) is 21.4. The third-order valence-electron chi connectivity index (χ3n) is 9.38. The van der Waals surface area contributed by atoms with Gasteiger partial charge in [0, 0.05) is 11.8 Å². The Morgan fingerprint density at radius 2 is 1.74 bits per heavy atom. The number of carbonyl (C=O) groups excluding carboxylic acids is 2. The van der Waals surface area contributed by atoms with Gasteiger partial charge in [0.15, 0.2) is 0 Å². The fourth-order valence-corrected chi connectivity index (χ4v) is 7.95. The largest absolute Gasteiger partial charge is 0.481 e. The van der Waals surface area contributed by atoms with E-state index in [4.69, 9.17) is 9.47 Å². The number of carboxylic acids is 1. The number of aliphatic hydroxyl groups excluding tert-OH is 1. The van der Waals surface area contributed by atoms with Crippen molar-refractivity contribution in [3.63, 3.8) is 0 Å². The quantitative estimate of drug-likeness (QED) is 0.645. The maximum Gasteiger partial charge on any atom is 0.314 e. The molecule has 0 aromatic carbocycles. The highest BCUT2D eigenvalue weighted by Gasteiger charge is 2.57. The van der Waals surface area contributed by atoms with E-state index in [1.54, 1.807) is 0 Å². The van der Waals surface area contributed by atoms with Gasteiger partial charge in [0.2, 0.25) is 0 Å². The standard InChI is InChI=1S/C24H30O7/c25-21-13-8-17(20(21)22(26)27)19(9-13)31-24(29)16-6-11-5-15(16)18(7-11)30-23(28)14-4-10-1-2-12(14)3-10/h7,10-17,19-21,25H,1-6,8-9H2,(H,26,27). The number of aliphatic hydroxyl groups is 1. The van der Waals surface area contributed by atoms with Gasteiger partial charge in [0.25, 0.3) is 0 Å². The summed E-state index contributed by atoms with van der Waals surface area (Å²) in [5.74, 6) is -1.11. The van der Waals surface area contributed by atoms with Crippen molar-refractivity contribution in [3.05, 3.63) is 11.8 Å². The lowest BCUT2D eigenvalue weighted by molar-refractivity contribution is -0.167. The van der Waals surface area contributed by atoms with E-state index in [0.717, 1.165) is 25.7 Å². The van der Waals surface area contributed by atoms with Crippen molar-refractivity contribution >= 4 is 17.9 Å². The molecular weight excluding hydrogens is 400 g/mol. The highest BCUT2D eigenvalue weighted by atomic mass is 16.6. The first kappa shape index (κ1) is 19.8. The van der Waals surface area contributed by atoms with Crippen LogP contribution in [0.5, 0.6) is 0 Å². The molecule has 6 rings (SSSR count). The molecule has 0 spiro atoms. The van der Waals surface area contributed by atoms with Gasteiger partial charge in [0.05, 0.1) is 23.9 Å². The Kier molecular flexibility index (Phi) is 4.50. The number of carbonyl (C=O) groups is 3. The van der Waals surface area contributed by atoms with Gasteiger partial charge in [-0.3, -0.25) is 14.4 Å². The topological polar surface area (TPSA) is 110 Å². The highest BCUT2D eigenvalue weighted by Crippen LogP contribution is 2.53. The van der Waals surface area contributed by atoms with E-state index in [-0.39, 0.29) is 47.4 Å². The summed E-state index contributed by atoms with van der Waals surface area (Å²) >= 11 is 0. The van der Waals surface area contributed by atoms with Crippen LogP contribution in [0, 0.1) is 53.3 Å². The van der Waals surface area contributed by atoms with Crippen LogP contribution < -0.4 is 0 Å². The van der Waals surface area contributed by atoms with E-state index in [9.17, 15) is 24.6 Å². The lowest BCUT2D eigenvalue weighted by Crippen LogP contribution is -2.42. The molecule has 5 saturated carbocycles. The Hall–Kier alpha value is -1.89. The Morgan fingerprint density at radius 3 is 2.39 bits per heavy atom. The second kappa shape index (κ2) is 7.06. The average molecular weight is 430 g/mol. The maximum atomic E-state index is 13.0. The number of allylic oxidation sites excluding steroid dienone is 2. The van der Waals surface area contributed by atoms with Gasteiger partial charge in [0.1, 0.15) is 11.9 Å². The number of rotatable bonds is 5. The van der Waals surface area contributed by atoms with E-state index >= 15 is 0 Å². The minimum absolute atomic E-state index is 0.0117. The summed E-state index contributed by atoms with van der Waals surface area (Å²) in [5, 5.41) is 19.6. The predicted molar refractivity (Wildman–Crippen MR) is 106 cm³/mol. The first-order chi connectivity index (χ1) is 14.9. The smallest absolute Gasteiger partial charge is 0.314 e. The van der Waals surface area contributed by atoms with Gasteiger partial charge in [-0.05, 0) is 74.7 Å². The number of carboxylic acid groups (broad SMARTS) is 1. The molecule has 11 unspecified atom stereocenters. The molecule has 6 aliphatic rings. The SMILES string of the molecule is O=C(OC1=CC2CC(C(=O)OC3CC4CC3C(C(=O)O)C4O)C1C2)C1CC2CCC1C2. The van der Waals surface area contributed by atoms with E-state index in [0.29, 0.717) is 36.9 Å². The summed E-state index contributed by atoms with van der Waals surface area (Å²) in [6.07, 6.45) is 7.82. The van der Waals surface area contributed by atoms with Crippen molar-refractivity contribution in [1.82, 2.24) is 0 Å². The molecule has 0 aromatic heterocycles. The molecule has 168 valence electrons. The van der Waals surface area contributed by atoms with Gasteiger partial charge in [-0.1, -0.05) is 6.42 Å². The molecule has 7 nitrogen and oxygen atoms in total. The van der Waals surface area contributed by atoms with Crippen LogP contribution in [0.2, 0.25) is 0 Å². The normalized spacial score (nSPS) is 48.8. The monoisotopic (exact) mass is 430 g/mol. The molecule has 0 radical (unpaired) electrons. The van der Waals surface area contributed by atoms with Gasteiger partial charge < -0.3 is 19.7 Å². The van der Waals surface area contributed by atoms with Crippen LogP contribution in [0.25, 0.3) is 0 Å². The summed E-state index contributed by atoms with van der Waals surface area (Å²) in [5.41, 5.74) is 0. The minimum atomic E-state index is -1.02. The van der Waals surface area contributed by atoms with Crippen molar-refractivity contribution in [2.24, 2.45) is 53.3 Å². The van der Waals surface area contributed by atoms with Gasteiger partial charge in [-0.15, -0.1) is 0 Å². The lowest BCUT2D eigenvalue weighted by Gasteiger charge is -2.32. The zero-order valence-corrected chi connectivity index (χ0v) is 17.5. The van der Waals surface area contributed by atoms with Gasteiger partial charge in [-0.25, -0.2) is 0 Å². The summed E-state index contributed by atoms with van der Waals surface area (Å²) in [7, 11) is 0. The molecule has 2 N–H and O–H groups in total. The molecule has 5 fully saturated rings. The van der Waals surface area contributed by atoms with Crippen LogP contribution in [-0.4, -0.2) is 40.3 Å². The third kappa shape index (κ3) is 3.06.